The predicted octanol–water partition coefficient (Wildman–Crippen LogP) is 16.1. The van der Waals surface area contributed by atoms with E-state index in [1.165, 1.54) is 122 Å². The van der Waals surface area contributed by atoms with Gasteiger partial charge in [-0.2, -0.15) is 0 Å². The van der Waals surface area contributed by atoms with E-state index in [1.54, 1.807) is 0 Å². The Morgan fingerprint density at radius 3 is 0.652 bits per heavy atom. The highest BCUT2D eigenvalue weighted by atomic mass is 14.6. The minimum absolute atomic E-state index is 0.183. The van der Waals surface area contributed by atoms with E-state index in [-0.39, 0.29) is 10.8 Å². The van der Waals surface area contributed by atoms with Crippen LogP contribution in [0.3, 0.4) is 0 Å². The summed E-state index contributed by atoms with van der Waals surface area (Å²) in [6.07, 6.45) is 0. The first-order valence-electron chi connectivity index (χ1n) is 24.9. The van der Waals surface area contributed by atoms with Crippen LogP contribution < -0.4 is 0 Å². The number of fused-ring (bicyclic) bond motifs is 21. The van der Waals surface area contributed by atoms with Crippen molar-refractivity contribution >= 4 is 0 Å². The molecule has 0 saturated carbocycles. The van der Waals surface area contributed by atoms with E-state index < -0.39 is 16.2 Å². The first kappa shape index (κ1) is 39.2. The Balaban J connectivity index is 1.13. The molecule has 5 aliphatic carbocycles. The van der Waals surface area contributed by atoms with Crippen molar-refractivity contribution in [1.29, 1.82) is 0 Å². The zero-order valence-corrected chi connectivity index (χ0v) is 39.4. The molecule has 10 aromatic carbocycles. The lowest BCUT2D eigenvalue weighted by atomic mass is 9.55. The van der Waals surface area contributed by atoms with E-state index in [0.717, 1.165) is 0 Å². The van der Waals surface area contributed by atoms with Crippen molar-refractivity contribution < 1.29 is 0 Å². The number of hydrogen-bond acceptors (Lipinski definition) is 0. The Kier molecular flexibility index (Phi) is 7.53. The number of rotatable bonds is 2. The van der Waals surface area contributed by atoms with Crippen molar-refractivity contribution in [3.05, 3.63) is 320 Å². The van der Waals surface area contributed by atoms with Crippen LogP contribution in [0.4, 0.5) is 0 Å². The fourth-order valence-electron chi connectivity index (χ4n) is 15.4. The Morgan fingerprint density at radius 2 is 0.362 bits per heavy atom. The molecule has 2 spiro atoms. The van der Waals surface area contributed by atoms with E-state index in [0.29, 0.717) is 0 Å². The molecule has 0 atom stereocenters. The van der Waals surface area contributed by atoms with Crippen LogP contribution >= 0.6 is 0 Å². The Morgan fingerprint density at radius 1 is 0.174 bits per heavy atom. The molecule has 69 heavy (non-hydrogen) atoms. The van der Waals surface area contributed by atoms with Gasteiger partial charge >= 0.3 is 0 Å². The van der Waals surface area contributed by atoms with Crippen LogP contribution in [0.2, 0.25) is 0 Å². The van der Waals surface area contributed by atoms with E-state index >= 15 is 0 Å². The molecule has 0 N–H and O–H groups in total. The summed E-state index contributed by atoms with van der Waals surface area (Å²) in [6.45, 7) is 9.67. The summed E-state index contributed by atoms with van der Waals surface area (Å²) in [5, 5.41) is 0. The Labute approximate surface area is 405 Å². The van der Waals surface area contributed by atoms with Crippen LogP contribution in [0.1, 0.15) is 117 Å². The van der Waals surface area contributed by atoms with Crippen LogP contribution in [0.5, 0.6) is 0 Å². The van der Waals surface area contributed by atoms with Crippen LogP contribution in [-0.4, -0.2) is 0 Å². The van der Waals surface area contributed by atoms with Crippen molar-refractivity contribution in [2.45, 2.75) is 54.8 Å². The maximum atomic E-state index is 2.50. The van der Waals surface area contributed by atoms with Crippen molar-refractivity contribution in [3.63, 3.8) is 0 Å². The summed E-state index contributed by atoms with van der Waals surface area (Å²) >= 11 is 0. The van der Waals surface area contributed by atoms with Gasteiger partial charge in [-0.05, 0) is 122 Å². The topological polar surface area (TPSA) is 0 Å². The molecule has 10 aromatic rings. The summed E-state index contributed by atoms with van der Waals surface area (Å²) in [6, 6.07) is 89.6. The van der Waals surface area contributed by atoms with Gasteiger partial charge in [-0.15, -0.1) is 0 Å². The van der Waals surface area contributed by atoms with E-state index in [2.05, 4.69) is 258 Å². The normalized spacial score (nSPS) is 17.3. The number of hydrogen-bond donors (Lipinski definition) is 0. The fraction of sp³-hybridized carbons (Fsp3) is 0.130. The Bertz CT molecular complexity index is 3520. The molecule has 0 saturated heterocycles. The zero-order chi connectivity index (χ0) is 46.1. The first-order valence-corrected chi connectivity index (χ1v) is 24.9. The maximum absolute atomic E-state index is 2.50. The molecule has 15 rings (SSSR count). The highest BCUT2D eigenvalue weighted by Crippen LogP contribution is 2.69. The van der Waals surface area contributed by atoms with Crippen molar-refractivity contribution in [3.8, 4) is 33.4 Å². The number of benzene rings is 10. The SMILES string of the molecule is CC1(C)c2ccccc2C2(c3ccccc3-c3c2cccc3C2(c3cccc4c3-c3ccccc3C43c4ccccc4C(C)(C)c4ccccc43)c3ccccc3-c3ccccc32)c2ccccc21. The maximum Gasteiger partial charge on any atom is 0.0725 e. The van der Waals surface area contributed by atoms with Gasteiger partial charge in [0, 0.05) is 10.8 Å². The molecule has 0 amide bonds. The third-order valence-electron chi connectivity index (χ3n) is 17.9. The third kappa shape index (κ3) is 4.36. The molecule has 0 bridgehead atoms. The average Bonchev–Trinajstić information content (AvgIpc) is 3.99. The summed E-state index contributed by atoms with van der Waals surface area (Å²) < 4.78 is 0. The van der Waals surface area contributed by atoms with Gasteiger partial charge in [0.2, 0.25) is 0 Å². The monoisotopic (exact) mass is 878 g/mol. The van der Waals surface area contributed by atoms with E-state index in [1.807, 2.05) is 0 Å². The second kappa shape index (κ2) is 13.2. The summed E-state index contributed by atoms with van der Waals surface area (Å²) in [4.78, 5) is 0. The molecule has 0 nitrogen and oxygen atoms in total. The van der Waals surface area contributed by atoms with Crippen molar-refractivity contribution in [2.75, 3.05) is 0 Å². The van der Waals surface area contributed by atoms with Crippen molar-refractivity contribution in [1.82, 2.24) is 0 Å². The molecule has 0 aliphatic heterocycles. The minimum atomic E-state index is -0.707. The summed E-state index contributed by atoms with van der Waals surface area (Å²) in [5.74, 6) is 0. The second-order valence-electron chi connectivity index (χ2n) is 21.3. The molecular formula is C69H50. The standard InChI is InChI=1S/C69H50/c1-65(2)51-31-13-17-35-55(51)68(56-36-18-14-32-52(56)65)49-29-11-7-25-45(49)63-59(39-21-41-61(63)68)67(47-27-9-5-23-43(47)44-24-6-10-28-48(44)67)60-40-22-42-62-64(60)46-26-8-12-30-50(46)69(62)57-37-19-15-33-53(57)66(3,4)54-34-16-20-38-58(54)69/h5-42H,1-4H3. The molecule has 5 aliphatic rings. The first-order chi connectivity index (χ1) is 33.8. The van der Waals surface area contributed by atoms with Crippen LogP contribution in [0, 0.1) is 0 Å². The smallest absolute Gasteiger partial charge is 0.0619 e. The van der Waals surface area contributed by atoms with Gasteiger partial charge in [0.05, 0.1) is 16.2 Å². The van der Waals surface area contributed by atoms with Gasteiger partial charge in [0.1, 0.15) is 0 Å². The second-order valence-corrected chi connectivity index (χ2v) is 21.3. The minimum Gasteiger partial charge on any atom is -0.0619 e. The Hall–Kier alpha value is -7.80. The lowest BCUT2D eigenvalue weighted by Gasteiger charge is -2.47. The molecule has 0 aromatic heterocycles. The molecule has 0 heterocycles. The molecule has 326 valence electrons. The predicted molar refractivity (Wildman–Crippen MR) is 283 cm³/mol. The van der Waals surface area contributed by atoms with Crippen molar-refractivity contribution in [2.24, 2.45) is 0 Å². The highest BCUT2D eigenvalue weighted by molar-refractivity contribution is 5.99. The lowest BCUT2D eigenvalue weighted by molar-refractivity contribution is 0.563. The molecular weight excluding hydrogens is 829 g/mol. The van der Waals surface area contributed by atoms with E-state index in [4.69, 9.17) is 0 Å². The summed E-state index contributed by atoms with van der Waals surface area (Å²) in [5.41, 5.74) is 27.7. The largest absolute Gasteiger partial charge is 0.0725 e. The summed E-state index contributed by atoms with van der Waals surface area (Å²) in [7, 11) is 0. The van der Waals surface area contributed by atoms with Crippen LogP contribution in [0.25, 0.3) is 33.4 Å². The average molecular weight is 879 g/mol. The van der Waals surface area contributed by atoms with Gasteiger partial charge in [-0.3, -0.25) is 0 Å². The van der Waals surface area contributed by atoms with Gasteiger partial charge in [-0.25, -0.2) is 0 Å². The van der Waals surface area contributed by atoms with Crippen LogP contribution in [-0.2, 0) is 27.1 Å². The molecule has 0 radical (unpaired) electrons. The molecule has 0 heteroatoms. The van der Waals surface area contributed by atoms with E-state index in [9.17, 15) is 0 Å². The van der Waals surface area contributed by atoms with Crippen LogP contribution in [0.15, 0.2) is 231 Å². The lowest BCUT2D eigenvalue weighted by Crippen LogP contribution is -2.41. The van der Waals surface area contributed by atoms with Gasteiger partial charge in [-0.1, -0.05) is 258 Å². The highest BCUT2D eigenvalue weighted by Gasteiger charge is 2.59. The molecule has 0 unspecified atom stereocenters. The fourth-order valence-corrected chi connectivity index (χ4v) is 15.4. The third-order valence-corrected chi connectivity index (χ3v) is 17.9. The quantitative estimate of drug-likeness (QED) is 0.162. The van der Waals surface area contributed by atoms with Gasteiger partial charge in [0.25, 0.3) is 0 Å². The van der Waals surface area contributed by atoms with Gasteiger partial charge in [0.15, 0.2) is 0 Å². The zero-order valence-electron chi connectivity index (χ0n) is 39.4. The molecule has 0 fully saturated rings. The van der Waals surface area contributed by atoms with Gasteiger partial charge < -0.3 is 0 Å².